The van der Waals surface area contributed by atoms with E-state index in [-0.39, 0.29) is 18.0 Å². The van der Waals surface area contributed by atoms with Crippen molar-refractivity contribution >= 4 is 18.1 Å². The van der Waals surface area contributed by atoms with E-state index in [0.717, 1.165) is 37.8 Å². The van der Waals surface area contributed by atoms with E-state index >= 15 is 0 Å². The minimum Gasteiger partial charge on any atom is -0.320 e. The second kappa shape index (κ2) is 7.76. The number of aromatic amines is 1. The molecule has 3 rings (SSSR count). The van der Waals surface area contributed by atoms with Crippen molar-refractivity contribution < 1.29 is 0 Å². The van der Waals surface area contributed by atoms with Gasteiger partial charge in [-0.25, -0.2) is 9.50 Å². The smallest absolute Gasteiger partial charge is 0.272 e. The number of rotatable bonds is 5. The third-order valence-corrected chi connectivity index (χ3v) is 4.33. The summed E-state index contributed by atoms with van der Waals surface area (Å²) in [5, 5.41) is 6.09. The summed E-state index contributed by atoms with van der Waals surface area (Å²) in [5.74, 6) is 0.833. The van der Waals surface area contributed by atoms with Gasteiger partial charge in [0.1, 0.15) is 0 Å². The van der Waals surface area contributed by atoms with E-state index in [0.29, 0.717) is 5.65 Å². The molecule has 0 radical (unpaired) electrons. The Bertz CT molecular complexity index is 645. The summed E-state index contributed by atoms with van der Waals surface area (Å²) >= 11 is 0. The Labute approximate surface area is 136 Å². The van der Waals surface area contributed by atoms with Crippen molar-refractivity contribution in [2.45, 2.75) is 25.8 Å². The number of halogens is 1. The Morgan fingerprint density at radius 3 is 2.91 bits per heavy atom. The lowest BCUT2D eigenvalue weighted by atomic mass is 9.93. The van der Waals surface area contributed by atoms with Gasteiger partial charge in [0.2, 0.25) is 0 Å². The summed E-state index contributed by atoms with van der Waals surface area (Å²) in [6, 6.07) is 3.46. The standard InChI is InChI=1S/C15H23N5O.ClH/c1-16-6-2-12-4-8-19(9-5-12)11-13-10-15(21)20-14(18-13)3-7-17-20;/h3,7,10,12,16-17H,2,4-6,8-9,11H2,1H3;1H. The first-order valence-electron chi connectivity index (χ1n) is 7.69. The van der Waals surface area contributed by atoms with Crippen molar-refractivity contribution in [2.24, 2.45) is 5.92 Å². The van der Waals surface area contributed by atoms with Gasteiger partial charge in [-0.05, 0) is 51.9 Å². The molecule has 6 nitrogen and oxygen atoms in total. The molecule has 3 heterocycles. The molecule has 1 saturated heterocycles. The molecule has 2 aromatic heterocycles. The molecule has 0 spiro atoms. The van der Waals surface area contributed by atoms with Gasteiger partial charge in [-0.2, -0.15) is 0 Å². The lowest BCUT2D eigenvalue weighted by Crippen LogP contribution is -2.34. The molecule has 22 heavy (non-hydrogen) atoms. The summed E-state index contributed by atoms with van der Waals surface area (Å²) < 4.78 is 1.47. The Morgan fingerprint density at radius 1 is 1.41 bits per heavy atom. The summed E-state index contributed by atoms with van der Waals surface area (Å²) in [5.41, 5.74) is 1.53. The Morgan fingerprint density at radius 2 is 2.18 bits per heavy atom. The first-order chi connectivity index (χ1) is 10.3. The van der Waals surface area contributed by atoms with Gasteiger partial charge >= 0.3 is 0 Å². The highest BCUT2D eigenvalue weighted by Crippen LogP contribution is 2.20. The van der Waals surface area contributed by atoms with E-state index in [4.69, 9.17) is 0 Å². The molecule has 1 aliphatic rings. The predicted molar refractivity (Wildman–Crippen MR) is 89.6 cm³/mol. The van der Waals surface area contributed by atoms with Crippen LogP contribution in [0, 0.1) is 5.92 Å². The summed E-state index contributed by atoms with van der Waals surface area (Å²) in [6.07, 6.45) is 5.49. The topological polar surface area (TPSA) is 65.4 Å². The fourth-order valence-corrected chi connectivity index (χ4v) is 3.07. The molecule has 0 saturated carbocycles. The molecule has 0 bridgehead atoms. The predicted octanol–water partition coefficient (Wildman–Crippen LogP) is 1.27. The zero-order chi connectivity index (χ0) is 14.7. The molecule has 2 aromatic rings. The van der Waals surface area contributed by atoms with E-state index in [9.17, 15) is 4.79 Å². The van der Waals surface area contributed by atoms with Crippen LogP contribution >= 0.6 is 12.4 Å². The Hall–Kier alpha value is -1.37. The van der Waals surface area contributed by atoms with Gasteiger partial charge in [0, 0.05) is 24.9 Å². The maximum absolute atomic E-state index is 11.9. The second-order valence-corrected chi connectivity index (χ2v) is 5.85. The van der Waals surface area contributed by atoms with Gasteiger partial charge in [-0.1, -0.05) is 0 Å². The number of hydrogen-bond donors (Lipinski definition) is 2. The first-order valence-corrected chi connectivity index (χ1v) is 7.69. The number of aromatic nitrogens is 3. The van der Waals surface area contributed by atoms with Crippen LogP contribution < -0.4 is 10.9 Å². The highest BCUT2D eigenvalue weighted by molar-refractivity contribution is 5.85. The van der Waals surface area contributed by atoms with Gasteiger partial charge in [0.15, 0.2) is 5.65 Å². The molecule has 7 heteroatoms. The summed E-state index contributed by atoms with van der Waals surface area (Å²) in [7, 11) is 2.01. The van der Waals surface area contributed by atoms with Crippen molar-refractivity contribution in [3.8, 4) is 0 Å². The highest BCUT2D eigenvalue weighted by atomic mass is 35.5. The maximum atomic E-state index is 11.9. The van der Waals surface area contributed by atoms with Gasteiger partial charge in [0.25, 0.3) is 5.56 Å². The van der Waals surface area contributed by atoms with Gasteiger partial charge in [-0.15, -0.1) is 12.4 Å². The van der Waals surface area contributed by atoms with Crippen molar-refractivity contribution in [2.75, 3.05) is 26.7 Å². The van der Waals surface area contributed by atoms with E-state index in [1.54, 1.807) is 12.3 Å². The first kappa shape index (κ1) is 17.0. The molecular weight excluding hydrogens is 302 g/mol. The van der Waals surface area contributed by atoms with Crippen LogP contribution in [0.3, 0.4) is 0 Å². The fraction of sp³-hybridized carbons (Fsp3) is 0.600. The number of H-pyrrole nitrogens is 1. The van der Waals surface area contributed by atoms with Crippen LogP contribution in [0.1, 0.15) is 25.0 Å². The molecular formula is C15H24ClN5O. The van der Waals surface area contributed by atoms with E-state index in [2.05, 4.69) is 20.3 Å². The third kappa shape index (κ3) is 3.88. The van der Waals surface area contributed by atoms with Crippen molar-refractivity contribution in [3.63, 3.8) is 0 Å². The van der Waals surface area contributed by atoms with Crippen molar-refractivity contribution in [1.82, 2.24) is 24.8 Å². The molecule has 0 atom stereocenters. The Balaban J connectivity index is 0.00000176. The molecule has 0 unspecified atom stereocenters. The van der Waals surface area contributed by atoms with Crippen LogP contribution in [0.25, 0.3) is 5.65 Å². The molecule has 0 aliphatic carbocycles. The van der Waals surface area contributed by atoms with Crippen LogP contribution in [-0.2, 0) is 6.54 Å². The van der Waals surface area contributed by atoms with E-state index < -0.39 is 0 Å². The number of fused-ring (bicyclic) bond motifs is 1. The van der Waals surface area contributed by atoms with E-state index in [1.807, 2.05) is 13.1 Å². The quantitative estimate of drug-likeness (QED) is 0.869. The number of likely N-dealkylation sites (tertiary alicyclic amines) is 1. The normalized spacial score (nSPS) is 16.8. The fourth-order valence-electron chi connectivity index (χ4n) is 3.07. The zero-order valence-corrected chi connectivity index (χ0v) is 13.7. The van der Waals surface area contributed by atoms with Crippen LogP contribution in [-0.4, -0.2) is 46.2 Å². The SMILES string of the molecule is CNCCC1CCN(Cc2cc(=O)n3[nH]ccc3n2)CC1.Cl. The minimum absolute atomic E-state index is 0. The number of hydrogen-bond acceptors (Lipinski definition) is 4. The van der Waals surface area contributed by atoms with Gasteiger partial charge in [-0.3, -0.25) is 14.8 Å². The minimum atomic E-state index is -0.0380. The summed E-state index contributed by atoms with van der Waals surface area (Å²) in [6.45, 7) is 4.08. The van der Waals surface area contributed by atoms with Crippen molar-refractivity contribution in [3.05, 3.63) is 34.4 Å². The van der Waals surface area contributed by atoms with Gasteiger partial charge < -0.3 is 5.32 Å². The van der Waals surface area contributed by atoms with Gasteiger partial charge in [0.05, 0.1) is 5.69 Å². The van der Waals surface area contributed by atoms with Crippen LogP contribution in [0.15, 0.2) is 23.1 Å². The number of nitrogens with one attached hydrogen (secondary N) is 2. The maximum Gasteiger partial charge on any atom is 0.272 e. The zero-order valence-electron chi connectivity index (χ0n) is 12.9. The number of piperidine rings is 1. The van der Waals surface area contributed by atoms with E-state index in [1.165, 1.54) is 23.8 Å². The van der Waals surface area contributed by atoms with Crippen LogP contribution in [0.2, 0.25) is 0 Å². The average Bonchev–Trinajstić information content (AvgIpc) is 2.95. The molecule has 122 valence electrons. The molecule has 2 N–H and O–H groups in total. The highest BCUT2D eigenvalue weighted by Gasteiger charge is 2.19. The summed E-state index contributed by atoms with van der Waals surface area (Å²) in [4.78, 5) is 18.9. The largest absolute Gasteiger partial charge is 0.320 e. The lowest BCUT2D eigenvalue weighted by Gasteiger charge is -2.31. The van der Waals surface area contributed by atoms with Crippen molar-refractivity contribution in [1.29, 1.82) is 0 Å². The molecule has 0 aromatic carbocycles. The molecule has 1 fully saturated rings. The van der Waals surface area contributed by atoms with Crippen LogP contribution in [0.4, 0.5) is 0 Å². The number of nitrogens with zero attached hydrogens (tertiary/aromatic N) is 3. The Kier molecular flexibility index (Phi) is 5.99. The second-order valence-electron chi connectivity index (χ2n) is 5.85. The lowest BCUT2D eigenvalue weighted by molar-refractivity contribution is 0.171. The molecule has 0 amide bonds. The average molecular weight is 326 g/mol. The third-order valence-electron chi connectivity index (χ3n) is 4.33. The molecule has 1 aliphatic heterocycles. The van der Waals surface area contributed by atoms with Crippen LogP contribution in [0.5, 0.6) is 0 Å². The monoisotopic (exact) mass is 325 g/mol.